The molecule has 0 spiro atoms. The Labute approximate surface area is 169 Å². The molecular formula is C24H46O3. The lowest BCUT2D eigenvalue weighted by Gasteiger charge is -2.05. The first-order valence-corrected chi connectivity index (χ1v) is 11.7. The third-order valence-corrected chi connectivity index (χ3v) is 5.02. The van der Waals surface area contributed by atoms with Crippen LogP contribution in [-0.4, -0.2) is 19.2 Å². The van der Waals surface area contributed by atoms with Crippen LogP contribution in [0.5, 0.6) is 0 Å². The molecule has 0 aromatic carbocycles. The van der Waals surface area contributed by atoms with Crippen LogP contribution in [0.2, 0.25) is 0 Å². The van der Waals surface area contributed by atoms with Crippen LogP contribution in [0, 0.1) is 0 Å². The number of unbranched alkanes of at least 4 members (excludes halogenated alkanes) is 15. The van der Waals surface area contributed by atoms with E-state index in [4.69, 9.17) is 9.47 Å². The van der Waals surface area contributed by atoms with Crippen molar-refractivity contribution in [3.05, 3.63) is 12.8 Å². The predicted octanol–water partition coefficient (Wildman–Crippen LogP) is 7.73. The van der Waals surface area contributed by atoms with Gasteiger partial charge in [-0.05, 0) is 19.3 Å². The molecule has 0 aromatic heterocycles. The van der Waals surface area contributed by atoms with E-state index in [1.807, 2.05) is 0 Å². The summed E-state index contributed by atoms with van der Waals surface area (Å²) in [6.45, 7) is 6.93. The van der Waals surface area contributed by atoms with Gasteiger partial charge in [-0.2, -0.15) is 0 Å². The van der Waals surface area contributed by atoms with E-state index in [0.29, 0.717) is 19.6 Å². The highest BCUT2D eigenvalue weighted by Gasteiger charge is 2.02. The largest absolute Gasteiger partial charge is 0.502 e. The minimum Gasteiger partial charge on any atom is -0.502 e. The molecule has 0 aliphatic carbocycles. The van der Waals surface area contributed by atoms with Crippen LogP contribution in [0.4, 0.5) is 0 Å². The molecule has 3 heteroatoms. The highest BCUT2D eigenvalue weighted by Crippen LogP contribution is 2.13. The lowest BCUT2D eigenvalue weighted by Crippen LogP contribution is -2.06. The monoisotopic (exact) mass is 382 g/mol. The normalized spacial score (nSPS) is 10.7. The second kappa shape index (κ2) is 23.0. The van der Waals surface area contributed by atoms with Gasteiger partial charge in [0.2, 0.25) is 0 Å². The van der Waals surface area contributed by atoms with E-state index in [0.717, 1.165) is 25.7 Å². The van der Waals surface area contributed by atoms with Crippen molar-refractivity contribution < 1.29 is 14.3 Å². The molecule has 160 valence electrons. The Balaban J connectivity index is 3.11. The van der Waals surface area contributed by atoms with Crippen molar-refractivity contribution in [1.82, 2.24) is 0 Å². The maximum Gasteiger partial charge on any atom is 0.305 e. The summed E-state index contributed by atoms with van der Waals surface area (Å²) in [7, 11) is 0. The summed E-state index contributed by atoms with van der Waals surface area (Å²) < 4.78 is 10.2. The Hall–Kier alpha value is -0.990. The van der Waals surface area contributed by atoms with Crippen molar-refractivity contribution in [2.75, 3.05) is 13.2 Å². The van der Waals surface area contributed by atoms with Crippen LogP contribution < -0.4 is 0 Å². The first kappa shape index (κ1) is 26.0. The number of rotatable bonds is 22. The van der Waals surface area contributed by atoms with Gasteiger partial charge < -0.3 is 9.47 Å². The number of carbonyl (C=O) groups is 1. The molecule has 0 amide bonds. The predicted molar refractivity (Wildman–Crippen MR) is 116 cm³/mol. The van der Waals surface area contributed by atoms with Crippen molar-refractivity contribution in [2.24, 2.45) is 0 Å². The molecule has 0 aliphatic rings. The number of esters is 1. The second-order valence-electron chi connectivity index (χ2n) is 7.66. The molecule has 0 radical (unpaired) electrons. The van der Waals surface area contributed by atoms with Crippen molar-refractivity contribution in [1.29, 1.82) is 0 Å². The molecule has 0 aliphatic heterocycles. The molecule has 0 bridgehead atoms. The van der Waals surface area contributed by atoms with Crippen molar-refractivity contribution in [2.45, 2.75) is 122 Å². The van der Waals surface area contributed by atoms with Gasteiger partial charge >= 0.3 is 5.97 Å². The lowest BCUT2D eigenvalue weighted by molar-refractivity contribution is -0.143. The van der Waals surface area contributed by atoms with Crippen LogP contribution >= 0.6 is 0 Å². The number of hydrogen-bond acceptors (Lipinski definition) is 3. The fraction of sp³-hybridized carbons (Fsp3) is 0.875. The maximum absolute atomic E-state index is 11.6. The highest BCUT2D eigenvalue weighted by molar-refractivity contribution is 5.69. The van der Waals surface area contributed by atoms with Crippen LogP contribution in [0.25, 0.3) is 0 Å². The Morgan fingerprint density at radius 1 is 0.667 bits per heavy atom. The molecule has 0 saturated heterocycles. The van der Waals surface area contributed by atoms with Gasteiger partial charge in [0.15, 0.2) is 0 Å². The molecule has 0 saturated carbocycles. The Kier molecular flexibility index (Phi) is 22.2. The summed E-state index contributed by atoms with van der Waals surface area (Å²) >= 11 is 0. The third-order valence-electron chi connectivity index (χ3n) is 5.02. The van der Waals surface area contributed by atoms with Gasteiger partial charge in [0.25, 0.3) is 0 Å². The highest BCUT2D eigenvalue weighted by atomic mass is 16.5. The number of hydrogen-bond donors (Lipinski definition) is 0. The zero-order chi connectivity index (χ0) is 19.8. The van der Waals surface area contributed by atoms with Gasteiger partial charge in [-0.3, -0.25) is 4.79 Å². The minimum atomic E-state index is -0.0469. The van der Waals surface area contributed by atoms with E-state index in [-0.39, 0.29) is 5.97 Å². The fourth-order valence-corrected chi connectivity index (χ4v) is 3.27. The molecule has 0 aromatic rings. The van der Waals surface area contributed by atoms with E-state index in [9.17, 15) is 4.79 Å². The van der Waals surface area contributed by atoms with Gasteiger partial charge in [0, 0.05) is 6.42 Å². The van der Waals surface area contributed by atoms with Crippen LogP contribution in [0.3, 0.4) is 0 Å². The Morgan fingerprint density at radius 2 is 1.11 bits per heavy atom. The average Bonchev–Trinajstić information content (AvgIpc) is 2.67. The summed E-state index contributed by atoms with van der Waals surface area (Å²) in [6, 6.07) is 0. The van der Waals surface area contributed by atoms with Crippen LogP contribution in [-0.2, 0) is 14.3 Å². The topological polar surface area (TPSA) is 35.5 Å². The molecular weight excluding hydrogens is 336 g/mol. The van der Waals surface area contributed by atoms with Crippen molar-refractivity contribution in [3.8, 4) is 0 Å². The molecule has 0 heterocycles. The van der Waals surface area contributed by atoms with Crippen molar-refractivity contribution in [3.63, 3.8) is 0 Å². The molecule has 0 fully saturated rings. The van der Waals surface area contributed by atoms with Gasteiger partial charge in [-0.1, -0.05) is 103 Å². The SMILES string of the molecule is C=COCCCCOC(=O)CCCCCCCCCCCCCCCCC. The number of ether oxygens (including phenoxy) is 2. The summed E-state index contributed by atoms with van der Waals surface area (Å²) in [5.74, 6) is -0.0469. The van der Waals surface area contributed by atoms with E-state index < -0.39 is 0 Å². The van der Waals surface area contributed by atoms with E-state index in [1.165, 1.54) is 89.7 Å². The molecule has 0 unspecified atom stereocenters. The molecule has 0 N–H and O–H groups in total. The van der Waals surface area contributed by atoms with Gasteiger partial charge in [-0.15, -0.1) is 0 Å². The van der Waals surface area contributed by atoms with Crippen LogP contribution in [0.15, 0.2) is 12.8 Å². The summed E-state index contributed by atoms with van der Waals surface area (Å²) in [6.07, 6.45) is 23.9. The lowest BCUT2D eigenvalue weighted by atomic mass is 10.0. The van der Waals surface area contributed by atoms with Gasteiger partial charge in [0.05, 0.1) is 19.5 Å². The summed E-state index contributed by atoms with van der Waals surface area (Å²) in [5, 5.41) is 0. The fourth-order valence-electron chi connectivity index (χ4n) is 3.27. The van der Waals surface area contributed by atoms with Gasteiger partial charge in [-0.25, -0.2) is 0 Å². The zero-order valence-corrected chi connectivity index (χ0v) is 18.2. The van der Waals surface area contributed by atoms with E-state index in [2.05, 4.69) is 13.5 Å². The first-order chi connectivity index (χ1) is 13.3. The second-order valence-corrected chi connectivity index (χ2v) is 7.66. The van der Waals surface area contributed by atoms with Crippen LogP contribution in [0.1, 0.15) is 122 Å². The standard InChI is InChI=1S/C24H46O3/c1-3-5-6-7-8-9-10-11-12-13-14-15-16-17-18-21-24(25)27-23-20-19-22-26-4-2/h4H,2-3,5-23H2,1H3. The zero-order valence-electron chi connectivity index (χ0n) is 18.2. The Morgan fingerprint density at radius 3 is 1.59 bits per heavy atom. The maximum atomic E-state index is 11.6. The summed E-state index contributed by atoms with van der Waals surface area (Å²) in [5.41, 5.74) is 0. The smallest absolute Gasteiger partial charge is 0.305 e. The quantitative estimate of drug-likeness (QED) is 0.109. The minimum absolute atomic E-state index is 0.0469. The Bertz CT molecular complexity index is 315. The third kappa shape index (κ3) is 23.0. The first-order valence-electron chi connectivity index (χ1n) is 11.7. The van der Waals surface area contributed by atoms with Gasteiger partial charge in [0.1, 0.15) is 0 Å². The molecule has 27 heavy (non-hydrogen) atoms. The average molecular weight is 383 g/mol. The molecule has 3 nitrogen and oxygen atoms in total. The molecule has 0 rings (SSSR count). The number of carbonyl (C=O) groups excluding carboxylic acids is 1. The van der Waals surface area contributed by atoms with Crippen molar-refractivity contribution >= 4 is 5.97 Å². The molecule has 0 atom stereocenters. The summed E-state index contributed by atoms with van der Waals surface area (Å²) in [4.78, 5) is 11.6. The van der Waals surface area contributed by atoms with E-state index in [1.54, 1.807) is 0 Å². The van der Waals surface area contributed by atoms with E-state index >= 15 is 0 Å².